The van der Waals surface area contributed by atoms with Crippen LogP contribution >= 0.6 is 22.9 Å². The zero-order valence-corrected chi connectivity index (χ0v) is 20.9. The van der Waals surface area contributed by atoms with Crippen molar-refractivity contribution in [3.05, 3.63) is 45.8 Å². The van der Waals surface area contributed by atoms with Gasteiger partial charge in [-0.05, 0) is 56.7 Å². The Hall–Kier alpha value is -2.07. The first-order chi connectivity index (χ1) is 15.1. The van der Waals surface area contributed by atoms with E-state index < -0.39 is 10.0 Å². The van der Waals surface area contributed by atoms with Gasteiger partial charge in [-0.2, -0.15) is 4.31 Å². The van der Waals surface area contributed by atoms with Crippen LogP contribution in [0.5, 0.6) is 11.5 Å². The summed E-state index contributed by atoms with van der Waals surface area (Å²) in [6.07, 6.45) is 3.06. The summed E-state index contributed by atoms with van der Waals surface area (Å²) >= 11 is 7.59. The lowest BCUT2D eigenvalue weighted by Gasteiger charge is -2.33. The molecule has 10 heteroatoms. The molecule has 0 atom stereocenters. The van der Waals surface area contributed by atoms with Crippen molar-refractivity contribution in [3.63, 3.8) is 0 Å². The van der Waals surface area contributed by atoms with Gasteiger partial charge in [0.05, 0.1) is 18.2 Å². The highest BCUT2D eigenvalue weighted by Crippen LogP contribution is 2.37. The molecular weight excluding hydrogens is 472 g/mol. The van der Waals surface area contributed by atoms with Crippen molar-refractivity contribution in [2.45, 2.75) is 31.1 Å². The third-order valence-corrected chi connectivity index (χ3v) is 8.53. The molecule has 0 saturated carbocycles. The molecule has 1 aromatic carbocycles. The summed E-state index contributed by atoms with van der Waals surface area (Å²) in [5.41, 5.74) is 0.700. The summed E-state index contributed by atoms with van der Waals surface area (Å²) in [7, 11) is -1.99. The number of piperazine rings is 1. The Balaban J connectivity index is 1.64. The molecule has 1 aromatic heterocycles. The number of hydrogen-bond donors (Lipinski definition) is 0. The molecule has 0 radical (unpaired) electrons. The first kappa shape index (κ1) is 24.6. The van der Waals surface area contributed by atoms with Gasteiger partial charge in [-0.3, -0.25) is 4.79 Å². The summed E-state index contributed by atoms with van der Waals surface area (Å²) in [5.74, 6) is 0.762. The van der Waals surface area contributed by atoms with Crippen molar-refractivity contribution in [1.82, 2.24) is 9.21 Å². The van der Waals surface area contributed by atoms with Crippen LogP contribution in [0.15, 0.2) is 34.6 Å². The van der Waals surface area contributed by atoms with Crippen molar-refractivity contribution in [2.24, 2.45) is 0 Å². The summed E-state index contributed by atoms with van der Waals surface area (Å²) in [6, 6.07) is 6.89. The van der Waals surface area contributed by atoms with Crippen LogP contribution in [0.3, 0.4) is 0 Å². The predicted molar refractivity (Wildman–Crippen MR) is 127 cm³/mol. The number of nitrogens with zero attached hydrogens (tertiary/aromatic N) is 2. The fourth-order valence-corrected chi connectivity index (χ4v) is 6.41. The van der Waals surface area contributed by atoms with Crippen LogP contribution in [0.25, 0.3) is 6.08 Å². The molecule has 1 aliphatic heterocycles. The van der Waals surface area contributed by atoms with Crippen LogP contribution in [0.2, 0.25) is 5.02 Å². The fourth-order valence-electron chi connectivity index (χ4n) is 3.29. The van der Waals surface area contributed by atoms with E-state index in [4.69, 9.17) is 21.1 Å². The van der Waals surface area contributed by atoms with Crippen LogP contribution in [0.4, 0.5) is 0 Å². The quantitative estimate of drug-likeness (QED) is 0.538. The number of methoxy groups -OCH3 is 1. The number of amides is 1. The third kappa shape index (κ3) is 5.64. The van der Waals surface area contributed by atoms with E-state index >= 15 is 0 Å². The lowest BCUT2D eigenvalue weighted by Crippen LogP contribution is -2.50. The zero-order valence-electron chi connectivity index (χ0n) is 18.5. The molecule has 1 amide bonds. The highest BCUT2D eigenvalue weighted by molar-refractivity contribution is 7.91. The molecule has 0 aliphatic carbocycles. The molecule has 1 saturated heterocycles. The maximum Gasteiger partial charge on any atom is 0.252 e. The monoisotopic (exact) mass is 498 g/mol. The Morgan fingerprint density at radius 3 is 2.44 bits per heavy atom. The van der Waals surface area contributed by atoms with Gasteiger partial charge in [0.1, 0.15) is 4.21 Å². The minimum atomic E-state index is -3.52. The predicted octanol–water partition coefficient (Wildman–Crippen LogP) is 4.05. The number of benzene rings is 1. The van der Waals surface area contributed by atoms with E-state index in [0.29, 0.717) is 39.4 Å². The van der Waals surface area contributed by atoms with Crippen molar-refractivity contribution in [2.75, 3.05) is 33.3 Å². The zero-order chi connectivity index (χ0) is 23.5. The highest BCUT2D eigenvalue weighted by atomic mass is 35.5. The Morgan fingerprint density at radius 2 is 1.88 bits per heavy atom. The van der Waals surface area contributed by atoms with Gasteiger partial charge < -0.3 is 14.4 Å². The average molecular weight is 499 g/mol. The molecule has 1 aliphatic rings. The van der Waals surface area contributed by atoms with Crippen LogP contribution in [0.1, 0.15) is 24.3 Å². The molecule has 2 aromatic rings. The molecule has 2 heterocycles. The van der Waals surface area contributed by atoms with E-state index in [2.05, 4.69) is 0 Å². The number of carbonyl (C=O) groups is 1. The van der Waals surface area contributed by atoms with Gasteiger partial charge in [0.2, 0.25) is 5.91 Å². The number of aryl methyl sites for hydroxylation is 1. The van der Waals surface area contributed by atoms with Gasteiger partial charge >= 0.3 is 0 Å². The summed E-state index contributed by atoms with van der Waals surface area (Å²) in [6.45, 7) is 6.86. The number of sulfonamides is 1. The molecule has 1 fully saturated rings. The van der Waals surface area contributed by atoms with E-state index in [1.807, 2.05) is 20.8 Å². The van der Waals surface area contributed by atoms with Gasteiger partial charge in [-0.1, -0.05) is 11.6 Å². The van der Waals surface area contributed by atoms with Gasteiger partial charge in [0.15, 0.2) is 11.5 Å². The lowest BCUT2D eigenvalue weighted by atomic mass is 10.1. The number of ether oxygens (including phenoxy) is 2. The molecule has 32 heavy (non-hydrogen) atoms. The first-order valence-corrected chi connectivity index (χ1v) is 12.8. The third-order valence-electron chi connectivity index (χ3n) is 4.88. The second-order valence-electron chi connectivity index (χ2n) is 7.63. The standard InChI is InChI=1S/C22H27ClN2O5S2/c1-15(2)30-22-18(23)13-17(14-19(22)29-4)6-7-20(26)24-9-11-25(12-10-24)32(27,28)21-8-5-16(3)31-21/h5-8,13-15H,9-12H2,1-4H3/b7-6+. The SMILES string of the molecule is COc1cc(/C=C/C(=O)N2CCN(S(=O)(=O)c3ccc(C)s3)CC2)cc(Cl)c1OC(C)C. The van der Waals surface area contributed by atoms with Crippen LogP contribution in [0, 0.1) is 6.92 Å². The Labute approximate surface area is 198 Å². The van der Waals surface area contributed by atoms with Crippen molar-refractivity contribution < 1.29 is 22.7 Å². The molecule has 7 nitrogen and oxygen atoms in total. The maximum absolute atomic E-state index is 12.8. The average Bonchev–Trinajstić information content (AvgIpc) is 3.20. The molecule has 0 N–H and O–H groups in total. The Morgan fingerprint density at radius 1 is 1.19 bits per heavy atom. The number of hydrogen-bond acceptors (Lipinski definition) is 6. The van der Waals surface area contributed by atoms with Crippen molar-refractivity contribution in [1.29, 1.82) is 0 Å². The number of rotatable bonds is 7. The molecule has 3 rings (SSSR count). The minimum absolute atomic E-state index is 0.0595. The molecule has 0 spiro atoms. The molecule has 0 unspecified atom stereocenters. The smallest absolute Gasteiger partial charge is 0.252 e. The van der Waals surface area contributed by atoms with Crippen molar-refractivity contribution >= 4 is 44.9 Å². The number of carbonyl (C=O) groups excluding carboxylic acids is 1. The highest BCUT2D eigenvalue weighted by Gasteiger charge is 2.30. The largest absolute Gasteiger partial charge is 0.493 e. The number of thiophene rings is 1. The van der Waals surface area contributed by atoms with Crippen molar-refractivity contribution in [3.8, 4) is 11.5 Å². The van der Waals surface area contributed by atoms with E-state index in [9.17, 15) is 13.2 Å². The normalized spacial score (nSPS) is 15.5. The Kier molecular flexibility index (Phi) is 7.87. The van der Waals surface area contributed by atoms with Crippen LogP contribution in [-0.4, -0.2) is 62.9 Å². The number of halogens is 1. The van der Waals surface area contributed by atoms with E-state index in [1.165, 1.54) is 28.8 Å². The van der Waals surface area contributed by atoms with Crippen LogP contribution < -0.4 is 9.47 Å². The topological polar surface area (TPSA) is 76.2 Å². The summed E-state index contributed by atoms with van der Waals surface area (Å²) in [4.78, 5) is 15.2. The second kappa shape index (κ2) is 10.2. The van der Waals surface area contributed by atoms with Gasteiger partial charge in [-0.15, -0.1) is 11.3 Å². The van der Waals surface area contributed by atoms with Crippen LogP contribution in [-0.2, 0) is 14.8 Å². The molecule has 0 bridgehead atoms. The fraction of sp³-hybridized carbons (Fsp3) is 0.409. The van der Waals surface area contributed by atoms with Gasteiger partial charge in [0.25, 0.3) is 10.0 Å². The van der Waals surface area contributed by atoms with E-state index in [1.54, 1.807) is 35.2 Å². The summed E-state index contributed by atoms with van der Waals surface area (Å²) < 4.78 is 38.4. The molecular formula is C22H27ClN2O5S2. The Bertz CT molecular complexity index is 1100. The van der Waals surface area contributed by atoms with E-state index in [-0.39, 0.29) is 25.1 Å². The first-order valence-electron chi connectivity index (χ1n) is 10.2. The lowest BCUT2D eigenvalue weighted by molar-refractivity contribution is -0.127. The molecule has 174 valence electrons. The minimum Gasteiger partial charge on any atom is -0.493 e. The maximum atomic E-state index is 12.8. The second-order valence-corrected chi connectivity index (χ2v) is 11.5. The van der Waals surface area contributed by atoms with E-state index in [0.717, 1.165) is 4.88 Å². The van der Waals surface area contributed by atoms with Gasteiger partial charge in [0, 0.05) is 37.1 Å². The van der Waals surface area contributed by atoms with Gasteiger partial charge in [-0.25, -0.2) is 8.42 Å². The summed E-state index contributed by atoms with van der Waals surface area (Å²) in [5, 5.41) is 0.396.